The summed E-state index contributed by atoms with van der Waals surface area (Å²) in [5.41, 5.74) is 0.0981. The van der Waals surface area contributed by atoms with E-state index in [9.17, 15) is 9.90 Å². The fraction of sp³-hybridized carbons (Fsp3) is 0.500. The minimum Gasteiger partial charge on any atom is -0.394 e. The Bertz CT molecular complexity index is 521. The molecule has 1 aromatic carbocycles. The first-order valence-corrected chi connectivity index (χ1v) is 7.52. The van der Waals surface area contributed by atoms with E-state index in [1.54, 1.807) is 23.1 Å². The number of halogens is 2. The second-order valence-electron chi connectivity index (χ2n) is 5.50. The maximum Gasteiger partial charge on any atom is 0.254 e. The maximum atomic E-state index is 12.5. The van der Waals surface area contributed by atoms with Gasteiger partial charge < -0.3 is 14.7 Å². The molecule has 0 radical (unpaired) electrons. The van der Waals surface area contributed by atoms with Gasteiger partial charge in [0.25, 0.3) is 5.91 Å². The van der Waals surface area contributed by atoms with Crippen molar-refractivity contribution in [3.8, 4) is 0 Å². The predicted molar refractivity (Wildman–Crippen MR) is 81.1 cm³/mol. The lowest BCUT2D eigenvalue weighted by Crippen LogP contribution is -2.55. The van der Waals surface area contributed by atoms with E-state index in [-0.39, 0.29) is 18.6 Å². The minimum absolute atomic E-state index is 0.0859. The molecule has 20 heavy (non-hydrogen) atoms. The molecule has 1 aliphatic heterocycles. The van der Waals surface area contributed by atoms with E-state index in [1.807, 2.05) is 13.8 Å². The second-order valence-corrected chi connectivity index (χ2v) is 6.76. The van der Waals surface area contributed by atoms with Crippen molar-refractivity contribution in [3.05, 3.63) is 33.3 Å². The molecule has 0 aromatic heterocycles. The normalized spacial score (nSPS) is 21.9. The van der Waals surface area contributed by atoms with Crippen LogP contribution in [0.5, 0.6) is 0 Å². The van der Waals surface area contributed by atoms with Gasteiger partial charge in [-0.1, -0.05) is 11.6 Å². The van der Waals surface area contributed by atoms with Gasteiger partial charge in [-0.05, 0) is 48.0 Å². The molecule has 0 bridgehead atoms. The molecule has 1 saturated heterocycles. The molecule has 1 unspecified atom stereocenters. The largest absolute Gasteiger partial charge is 0.394 e. The van der Waals surface area contributed by atoms with Crippen molar-refractivity contribution >= 4 is 33.4 Å². The van der Waals surface area contributed by atoms with Gasteiger partial charge in [0.05, 0.1) is 23.3 Å². The van der Waals surface area contributed by atoms with Gasteiger partial charge >= 0.3 is 0 Å². The number of amides is 1. The molecule has 6 heteroatoms. The van der Waals surface area contributed by atoms with Gasteiger partial charge in [-0.2, -0.15) is 0 Å². The Balaban J connectivity index is 2.21. The fourth-order valence-electron chi connectivity index (χ4n) is 2.36. The Kier molecular flexibility index (Phi) is 4.74. The molecule has 1 aliphatic rings. The van der Waals surface area contributed by atoms with Crippen LogP contribution in [0.25, 0.3) is 0 Å². The van der Waals surface area contributed by atoms with Gasteiger partial charge in [-0.15, -0.1) is 0 Å². The quantitative estimate of drug-likeness (QED) is 0.880. The van der Waals surface area contributed by atoms with Gasteiger partial charge in [0.2, 0.25) is 0 Å². The highest BCUT2D eigenvalue weighted by molar-refractivity contribution is 9.10. The van der Waals surface area contributed by atoms with Gasteiger partial charge in [0.1, 0.15) is 0 Å². The number of rotatable bonds is 2. The number of benzene rings is 1. The van der Waals surface area contributed by atoms with Crippen molar-refractivity contribution < 1.29 is 14.6 Å². The molecule has 110 valence electrons. The summed E-state index contributed by atoms with van der Waals surface area (Å²) in [6.45, 7) is 4.60. The Morgan fingerprint density at radius 1 is 1.60 bits per heavy atom. The molecule has 4 nitrogen and oxygen atoms in total. The van der Waals surface area contributed by atoms with E-state index in [2.05, 4.69) is 15.9 Å². The number of aliphatic hydroxyl groups excluding tert-OH is 1. The topological polar surface area (TPSA) is 49.8 Å². The van der Waals surface area contributed by atoms with Crippen LogP contribution in [0.1, 0.15) is 24.2 Å². The van der Waals surface area contributed by atoms with E-state index in [0.29, 0.717) is 28.1 Å². The molecule has 2 rings (SSSR count). The lowest BCUT2D eigenvalue weighted by atomic mass is 10.0. The summed E-state index contributed by atoms with van der Waals surface area (Å²) in [4.78, 5) is 14.2. The first-order valence-electron chi connectivity index (χ1n) is 6.35. The number of hydrogen-bond acceptors (Lipinski definition) is 3. The smallest absolute Gasteiger partial charge is 0.254 e. The third-order valence-corrected chi connectivity index (χ3v) is 4.35. The molecule has 1 amide bonds. The summed E-state index contributed by atoms with van der Waals surface area (Å²) in [7, 11) is 0. The Morgan fingerprint density at radius 3 is 2.90 bits per heavy atom. The lowest BCUT2D eigenvalue weighted by molar-refractivity contribution is -0.139. The highest BCUT2D eigenvalue weighted by atomic mass is 79.9. The number of carbonyl (C=O) groups excluding carboxylic acids is 1. The minimum atomic E-state index is -0.467. The second kappa shape index (κ2) is 6.02. The van der Waals surface area contributed by atoms with Crippen LogP contribution in [-0.2, 0) is 4.74 Å². The van der Waals surface area contributed by atoms with E-state index in [1.165, 1.54) is 0 Å². The highest BCUT2D eigenvalue weighted by Gasteiger charge is 2.35. The first kappa shape index (κ1) is 15.8. The average molecular weight is 363 g/mol. The van der Waals surface area contributed by atoms with E-state index >= 15 is 0 Å². The van der Waals surface area contributed by atoms with E-state index < -0.39 is 5.60 Å². The lowest BCUT2D eigenvalue weighted by Gasteiger charge is -2.42. The summed E-state index contributed by atoms with van der Waals surface area (Å²) < 4.78 is 6.40. The molecule has 0 spiro atoms. The Labute approximate surface area is 131 Å². The van der Waals surface area contributed by atoms with Crippen molar-refractivity contribution in [2.75, 3.05) is 19.7 Å². The van der Waals surface area contributed by atoms with Gasteiger partial charge in [0.15, 0.2) is 0 Å². The maximum absolute atomic E-state index is 12.5. The molecule has 1 fully saturated rings. The molecule has 0 aliphatic carbocycles. The van der Waals surface area contributed by atoms with Crippen molar-refractivity contribution in [2.24, 2.45) is 0 Å². The first-order chi connectivity index (χ1) is 9.32. The molecule has 1 aromatic rings. The summed E-state index contributed by atoms with van der Waals surface area (Å²) in [5.74, 6) is -0.0859. The average Bonchev–Trinajstić information content (AvgIpc) is 2.39. The zero-order chi connectivity index (χ0) is 14.9. The highest BCUT2D eigenvalue weighted by Crippen LogP contribution is 2.26. The van der Waals surface area contributed by atoms with Crippen LogP contribution in [0.15, 0.2) is 22.7 Å². The standard InChI is InChI=1S/C14H17BrClNO3/c1-14(2)8-17(6-10(7-18)20-14)13(19)9-3-4-12(16)11(15)5-9/h3-5,10,18H,6-8H2,1-2H3. The SMILES string of the molecule is CC1(C)CN(C(=O)c2ccc(Cl)c(Br)c2)CC(CO)O1. The summed E-state index contributed by atoms with van der Waals surface area (Å²) in [6, 6.07) is 5.10. The number of ether oxygens (including phenoxy) is 1. The van der Waals surface area contributed by atoms with E-state index in [0.717, 1.165) is 0 Å². The van der Waals surface area contributed by atoms with Crippen molar-refractivity contribution in [1.82, 2.24) is 4.90 Å². The summed E-state index contributed by atoms with van der Waals surface area (Å²) in [5, 5.41) is 9.85. The third-order valence-electron chi connectivity index (χ3n) is 3.14. The summed E-state index contributed by atoms with van der Waals surface area (Å²) >= 11 is 9.26. The third kappa shape index (κ3) is 3.52. The van der Waals surface area contributed by atoms with Crippen LogP contribution in [0, 0.1) is 0 Å². The fourth-order valence-corrected chi connectivity index (χ4v) is 2.85. The number of aliphatic hydroxyl groups is 1. The van der Waals surface area contributed by atoms with Crippen LogP contribution in [0.4, 0.5) is 0 Å². The number of morpholine rings is 1. The van der Waals surface area contributed by atoms with Gasteiger partial charge in [0, 0.05) is 23.1 Å². The Morgan fingerprint density at radius 2 is 2.30 bits per heavy atom. The van der Waals surface area contributed by atoms with Crippen LogP contribution in [-0.4, -0.2) is 47.3 Å². The van der Waals surface area contributed by atoms with Crippen LogP contribution < -0.4 is 0 Å². The van der Waals surface area contributed by atoms with Crippen molar-refractivity contribution in [1.29, 1.82) is 0 Å². The van der Waals surface area contributed by atoms with Crippen molar-refractivity contribution in [3.63, 3.8) is 0 Å². The zero-order valence-electron chi connectivity index (χ0n) is 11.4. The van der Waals surface area contributed by atoms with Crippen LogP contribution in [0.2, 0.25) is 5.02 Å². The van der Waals surface area contributed by atoms with Crippen LogP contribution >= 0.6 is 27.5 Å². The van der Waals surface area contributed by atoms with Crippen molar-refractivity contribution in [2.45, 2.75) is 25.6 Å². The summed E-state index contributed by atoms with van der Waals surface area (Å²) in [6.07, 6.45) is -0.349. The molecular formula is C14H17BrClNO3. The van der Waals surface area contributed by atoms with Gasteiger partial charge in [-0.25, -0.2) is 0 Å². The monoisotopic (exact) mass is 361 g/mol. The number of nitrogens with zero attached hydrogens (tertiary/aromatic N) is 1. The van der Waals surface area contributed by atoms with Gasteiger partial charge in [-0.3, -0.25) is 4.79 Å². The number of carbonyl (C=O) groups is 1. The molecular weight excluding hydrogens is 346 g/mol. The van der Waals surface area contributed by atoms with E-state index in [4.69, 9.17) is 16.3 Å². The van der Waals surface area contributed by atoms with Crippen LogP contribution in [0.3, 0.4) is 0 Å². The number of hydrogen-bond donors (Lipinski definition) is 1. The molecule has 0 saturated carbocycles. The molecule has 1 heterocycles. The zero-order valence-corrected chi connectivity index (χ0v) is 13.7. The molecule has 1 N–H and O–H groups in total. The molecule has 1 atom stereocenters. The predicted octanol–water partition coefficient (Wildman–Crippen LogP) is 2.71. The Hall–Kier alpha value is -0.620.